The Bertz CT molecular complexity index is 411. The van der Waals surface area contributed by atoms with Gasteiger partial charge in [-0.15, -0.1) is 11.6 Å². The topological polar surface area (TPSA) is 12.5 Å². The number of hydrogen-bond acceptors (Lipinski definition) is 2. The van der Waals surface area contributed by atoms with E-state index in [9.17, 15) is 0 Å². The minimum atomic E-state index is 0.347. The SMILES string of the molecule is CCCOC1CCCN(c2ccc(CCl)c(Cl)c2)C1. The van der Waals surface area contributed by atoms with Gasteiger partial charge in [0.2, 0.25) is 0 Å². The number of rotatable bonds is 5. The Morgan fingerprint density at radius 2 is 2.26 bits per heavy atom. The van der Waals surface area contributed by atoms with Gasteiger partial charge < -0.3 is 9.64 Å². The molecule has 2 nitrogen and oxygen atoms in total. The molecule has 1 aromatic rings. The van der Waals surface area contributed by atoms with Gasteiger partial charge in [0.25, 0.3) is 0 Å². The molecule has 2 rings (SSSR count). The average Bonchev–Trinajstić information content (AvgIpc) is 2.45. The molecule has 1 atom stereocenters. The highest BCUT2D eigenvalue weighted by Gasteiger charge is 2.20. The van der Waals surface area contributed by atoms with Gasteiger partial charge in [-0.05, 0) is 37.0 Å². The molecule has 106 valence electrons. The molecule has 0 aliphatic carbocycles. The van der Waals surface area contributed by atoms with Gasteiger partial charge in [-0.25, -0.2) is 0 Å². The first kappa shape index (κ1) is 15.0. The van der Waals surface area contributed by atoms with E-state index >= 15 is 0 Å². The number of ether oxygens (including phenoxy) is 1. The van der Waals surface area contributed by atoms with Gasteiger partial charge in [-0.2, -0.15) is 0 Å². The number of benzene rings is 1. The molecule has 1 aliphatic rings. The molecule has 1 aliphatic heterocycles. The Hall–Kier alpha value is -0.440. The third kappa shape index (κ3) is 4.01. The van der Waals surface area contributed by atoms with Crippen LogP contribution in [0.2, 0.25) is 5.02 Å². The summed E-state index contributed by atoms with van der Waals surface area (Å²) in [7, 11) is 0. The van der Waals surface area contributed by atoms with Crippen molar-refractivity contribution in [3.63, 3.8) is 0 Å². The van der Waals surface area contributed by atoms with Crippen LogP contribution in [0.1, 0.15) is 31.7 Å². The number of halogens is 2. The van der Waals surface area contributed by atoms with E-state index < -0.39 is 0 Å². The summed E-state index contributed by atoms with van der Waals surface area (Å²) in [6, 6.07) is 6.13. The predicted octanol–water partition coefficient (Wildman–Crippen LogP) is 4.47. The highest BCUT2D eigenvalue weighted by atomic mass is 35.5. The maximum absolute atomic E-state index is 6.23. The number of anilines is 1. The number of nitrogens with zero attached hydrogens (tertiary/aromatic N) is 1. The van der Waals surface area contributed by atoms with Crippen LogP contribution in [-0.4, -0.2) is 25.8 Å². The first-order chi connectivity index (χ1) is 9.24. The molecule has 1 aromatic carbocycles. The van der Waals surface area contributed by atoms with E-state index in [1.165, 1.54) is 12.1 Å². The summed E-state index contributed by atoms with van der Waals surface area (Å²) in [4.78, 5) is 2.35. The molecule has 1 heterocycles. The lowest BCUT2D eigenvalue weighted by Gasteiger charge is -2.34. The minimum absolute atomic E-state index is 0.347. The van der Waals surface area contributed by atoms with Crippen LogP contribution in [0.4, 0.5) is 5.69 Å². The molecule has 4 heteroatoms. The van der Waals surface area contributed by atoms with Crippen molar-refractivity contribution in [1.29, 1.82) is 0 Å². The van der Waals surface area contributed by atoms with Gasteiger partial charge in [-0.3, -0.25) is 0 Å². The third-order valence-corrected chi connectivity index (χ3v) is 4.12. The molecule has 0 aromatic heterocycles. The maximum Gasteiger partial charge on any atom is 0.0750 e. The standard InChI is InChI=1S/C15H21Cl2NO/c1-2-8-19-14-4-3-7-18(11-14)13-6-5-12(10-16)15(17)9-13/h5-6,9,14H,2-4,7-8,10-11H2,1H3. The van der Waals surface area contributed by atoms with Crippen LogP contribution < -0.4 is 4.90 Å². The fourth-order valence-electron chi connectivity index (χ4n) is 2.43. The van der Waals surface area contributed by atoms with E-state index in [2.05, 4.69) is 17.9 Å². The normalized spacial score (nSPS) is 19.7. The molecule has 0 radical (unpaired) electrons. The quantitative estimate of drug-likeness (QED) is 0.744. The molecule has 19 heavy (non-hydrogen) atoms. The first-order valence-corrected chi connectivity index (χ1v) is 7.86. The first-order valence-electron chi connectivity index (χ1n) is 6.95. The fraction of sp³-hybridized carbons (Fsp3) is 0.600. The zero-order valence-electron chi connectivity index (χ0n) is 11.4. The van der Waals surface area contributed by atoms with Crippen molar-refractivity contribution in [2.75, 3.05) is 24.6 Å². The van der Waals surface area contributed by atoms with Crippen molar-refractivity contribution >= 4 is 28.9 Å². The van der Waals surface area contributed by atoms with E-state index in [0.717, 1.165) is 43.1 Å². The lowest BCUT2D eigenvalue weighted by molar-refractivity contribution is 0.0440. The molecule has 1 saturated heterocycles. The van der Waals surface area contributed by atoms with Crippen molar-refractivity contribution in [3.8, 4) is 0 Å². The highest BCUT2D eigenvalue weighted by Crippen LogP contribution is 2.27. The van der Waals surface area contributed by atoms with E-state index in [1.807, 2.05) is 12.1 Å². The smallest absolute Gasteiger partial charge is 0.0750 e. The largest absolute Gasteiger partial charge is 0.376 e. The van der Waals surface area contributed by atoms with Gasteiger partial charge in [0.15, 0.2) is 0 Å². The summed E-state index contributed by atoms with van der Waals surface area (Å²) >= 11 is 12.1. The van der Waals surface area contributed by atoms with Crippen molar-refractivity contribution in [3.05, 3.63) is 28.8 Å². The van der Waals surface area contributed by atoms with Crippen LogP contribution in [0, 0.1) is 0 Å². The van der Waals surface area contributed by atoms with E-state index in [4.69, 9.17) is 27.9 Å². The Labute approximate surface area is 125 Å². The monoisotopic (exact) mass is 301 g/mol. The average molecular weight is 302 g/mol. The highest BCUT2D eigenvalue weighted by molar-refractivity contribution is 6.32. The molecule has 1 fully saturated rings. The lowest BCUT2D eigenvalue weighted by Crippen LogP contribution is -2.39. The summed E-state index contributed by atoms with van der Waals surface area (Å²) in [5, 5.41) is 0.754. The van der Waals surface area contributed by atoms with E-state index in [0.29, 0.717) is 12.0 Å². The van der Waals surface area contributed by atoms with Gasteiger partial charge >= 0.3 is 0 Å². The molecule has 1 unspecified atom stereocenters. The Balaban J connectivity index is 2.02. The third-order valence-electron chi connectivity index (χ3n) is 3.48. The summed E-state index contributed by atoms with van der Waals surface area (Å²) in [5.41, 5.74) is 2.16. The molecule has 0 spiro atoms. The van der Waals surface area contributed by atoms with E-state index in [1.54, 1.807) is 0 Å². The van der Waals surface area contributed by atoms with Gasteiger partial charge in [0.05, 0.1) is 6.10 Å². The second-order valence-corrected chi connectivity index (χ2v) is 5.66. The van der Waals surface area contributed by atoms with Crippen molar-refractivity contribution in [2.24, 2.45) is 0 Å². The minimum Gasteiger partial charge on any atom is -0.376 e. The maximum atomic E-state index is 6.23. The summed E-state index contributed by atoms with van der Waals surface area (Å²) in [5.74, 6) is 0.460. The summed E-state index contributed by atoms with van der Waals surface area (Å²) in [6.45, 7) is 5.02. The van der Waals surface area contributed by atoms with Crippen LogP contribution in [0.15, 0.2) is 18.2 Å². The molecular weight excluding hydrogens is 281 g/mol. The number of piperidine rings is 1. The number of alkyl halides is 1. The van der Waals surface area contributed by atoms with Gasteiger partial charge in [0.1, 0.15) is 0 Å². The van der Waals surface area contributed by atoms with Gasteiger partial charge in [0, 0.05) is 36.3 Å². The zero-order chi connectivity index (χ0) is 13.7. The fourth-order valence-corrected chi connectivity index (χ4v) is 2.98. The Kier molecular flexibility index (Phi) is 5.80. The zero-order valence-corrected chi connectivity index (χ0v) is 12.9. The van der Waals surface area contributed by atoms with Crippen LogP contribution in [0.25, 0.3) is 0 Å². The molecule has 0 bridgehead atoms. The summed E-state index contributed by atoms with van der Waals surface area (Å²) < 4.78 is 5.86. The van der Waals surface area contributed by atoms with Crippen LogP contribution in [0.3, 0.4) is 0 Å². The second-order valence-electron chi connectivity index (χ2n) is 4.99. The molecule has 0 N–H and O–H groups in total. The Morgan fingerprint density at radius 1 is 1.42 bits per heavy atom. The van der Waals surface area contributed by atoms with Crippen molar-refractivity contribution < 1.29 is 4.74 Å². The summed E-state index contributed by atoms with van der Waals surface area (Å²) in [6.07, 6.45) is 3.75. The van der Waals surface area contributed by atoms with Crippen LogP contribution in [-0.2, 0) is 10.6 Å². The van der Waals surface area contributed by atoms with E-state index in [-0.39, 0.29) is 0 Å². The Morgan fingerprint density at radius 3 is 2.95 bits per heavy atom. The van der Waals surface area contributed by atoms with Crippen molar-refractivity contribution in [2.45, 2.75) is 38.2 Å². The lowest BCUT2D eigenvalue weighted by atomic mass is 10.1. The molecular formula is C15H21Cl2NO. The number of hydrogen-bond donors (Lipinski definition) is 0. The van der Waals surface area contributed by atoms with Crippen molar-refractivity contribution in [1.82, 2.24) is 0 Å². The molecule has 0 amide bonds. The van der Waals surface area contributed by atoms with Gasteiger partial charge in [-0.1, -0.05) is 24.6 Å². The van der Waals surface area contributed by atoms with Crippen LogP contribution in [0.5, 0.6) is 0 Å². The van der Waals surface area contributed by atoms with Crippen LogP contribution >= 0.6 is 23.2 Å². The second kappa shape index (κ2) is 7.37. The predicted molar refractivity (Wildman–Crippen MR) is 82.5 cm³/mol. The molecule has 0 saturated carbocycles.